The first kappa shape index (κ1) is 13.4. The lowest BCUT2D eigenvalue weighted by Crippen LogP contribution is -2.41. The molecule has 3 atom stereocenters. The third-order valence-electron chi connectivity index (χ3n) is 3.78. The van der Waals surface area contributed by atoms with Crippen molar-refractivity contribution < 1.29 is 9.84 Å². The van der Waals surface area contributed by atoms with Crippen LogP contribution in [0.4, 0.5) is 0 Å². The van der Waals surface area contributed by atoms with Crippen LogP contribution in [0.15, 0.2) is 0 Å². The van der Waals surface area contributed by atoms with Crippen LogP contribution >= 0.6 is 0 Å². The molecule has 1 fully saturated rings. The molecular formula is C13H23N3O2. The summed E-state index contributed by atoms with van der Waals surface area (Å²) in [4.78, 5) is 0. The van der Waals surface area contributed by atoms with Crippen LogP contribution in [-0.4, -0.2) is 34.6 Å². The third kappa shape index (κ3) is 2.37. The largest absolute Gasteiger partial charge is 0.481 e. The first-order chi connectivity index (χ1) is 8.54. The fourth-order valence-corrected chi connectivity index (χ4v) is 2.83. The van der Waals surface area contributed by atoms with Crippen LogP contribution < -0.4 is 10.1 Å². The first-order valence-electron chi connectivity index (χ1n) is 6.53. The standard InChI is InChI=1S/C13H23N3O2/c1-8-5-6-14-10(7-8)12(17)11-9(2)15-16(3)13(11)18-4/h8,10,12,14,17H,5-7H2,1-4H3. The second kappa shape index (κ2) is 5.28. The number of piperidine rings is 1. The van der Waals surface area contributed by atoms with E-state index >= 15 is 0 Å². The van der Waals surface area contributed by atoms with Gasteiger partial charge in [-0.05, 0) is 32.2 Å². The predicted molar refractivity (Wildman–Crippen MR) is 69.6 cm³/mol. The number of hydrogen-bond donors (Lipinski definition) is 2. The Hall–Kier alpha value is -1.07. The summed E-state index contributed by atoms with van der Waals surface area (Å²) in [6, 6.07) is 0.0885. The quantitative estimate of drug-likeness (QED) is 0.848. The predicted octanol–water partition coefficient (Wildman–Crippen LogP) is 1.16. The Morgan fingerprint density at radius 1 is 1.56 bits per heavy atom. The topological polar surface area (TPSA) is 59.3 Å². The minimum atomic E-state index is -0.559. The third-order valence-corrected chi connectivity index (χ3v) is 3.78. The molecule has 2 heterocycles. The van der Waals surface area contributed by atoms with Crippen LogP contribution in [0.2, 0.25) is 0 Å². The minimum Gasteiger partial charge on any atom is -0.481 e. The highest BCUT2D eigenvalue weighted by Gasteiger charge is 2.31. The van der Waals surface area contributed by atoms with Gasteiger partial charge in [-0.1, -0.05) is 6.92 Å². The summed E-state index contributed by atoms with van der Waals surface area (Å²) in [7, 11) is 3.45. The smallest absolute Gasteiger partial charge is 0.217 e. The molecule has 2 N–H and O–H groups in total. The van der Waals surface area contributed by atoms with E-state index in [4.69, 9.17) is 4.74 Å². The van der Waals surface area contributed by atoms with E-state index in [0.29, 0.717) is 11.8 Å². The van der Waals surface area contributed by atoms with Gasteiger partial charge >= 0.3 is 0 Å². The van der Waals surface area contributed by atoms with Gasteiger partial charge in [0.1, 0.15) is 6.10 Å². The lowest BCUT2D eigenvalue weighted by molar-refractivity contribution is 0.0981. The fourth-order valence-electron chi connectivity index (χ4n) is 2.83. The molecule has 1 aromatic rings. The number of rotatable bonds is 3. The molecule has 5 heteroatoms. The SMILES string of the molecule is COc1c(C(O)C2CC(C)CCN2)c(C)nn1C. The van der Waals surface area contributed by atoms with Gasteiger partial charge < -0.3 is 15.2 Å². The second-order valence-corrected chi connectivity index (χ2v) is 5.27. The van der Waals surface area contributed by atoms with Crippen molar-refractivity contribution in [3.63, 3.8) is 0 Å². The Bertz CT molecular complexity index is 417. The van der Waals surface area contributed by atoms with E-state index in [2.05, 4.69) is 17.3 Å². The zero-order valence-corrected chi connectivity index (χ0v) is 11.6. The Balaban J connectivity index is 2.24. The van der Waals surface area contributed by atoms with Gasteiger partial charge in [0.05, 0.1) is 18.4 Å². The number of aryl methyl sites for hydroxylation is 2. The lowest BCUT2D eigenvalue weighted by atomic mass is 9.89. The van der Waals surface area contributed by atoms with Crippen molar-refractivity contribution >= 4 is 0 Å². The molecule has 1 aromatic heterocycles. The molecule has 18 heavy (non-hydrogen) atoms. The number of aliphatic hydroxyl groups is 1. The van der Waals surface area contributed by atoms with E-state index in [1.54, 1.807) is 11.8 Å². The second-order valence-electron chi connectivity index (χ2n) is 5.27. The van der Waals surface area contributed by atoms with Crippen molar-refractivity contribution in [1.82, 2.24) is 15.1 Å². The maximum absolute atomic E-state index is 10.6. The summed E-state index contributed by atoms with van der Waals surface area (Å²) in [6.45, 7) is 5.10. The van der Waals surface area contributed by atoms with Gasteiger partial charge in [0, 0.05) is 13.1 Å². The van der Waals surface area contributed by atoms with E-state index in [1.807, 2.05) is 14.0 Å². The number of aliphatic hydroxyl groups excluding tert-OH is 1. The fraction of sp³-hybridized carbons (Fsp3) is 0.769. The summed E-state index contributed by atoms with van der Waals surface area (Å²) in [6.07, 6.45) is 1.60. The molecule has 2 rings (SSSR count). The van der Waals surface area contributed by atoms with Gasteiger partial charge in [-0.3, -0.25) is 0 Å². The van der Waals surface area contributed by atoms with Crippen molar-refractivity contribution in [3.05, 3.63) is 11.3 Å². The Morgan fingerprint density at radius 3 is 2.89 bits per heavy atom. The molecule has 0 aliphatic carbocycles. The van der Waals surface area contributed by atoms with Crippen LogP contribution in [0, 0.1) is 12.8 Å². The molecule has 3 unspecified atom stereocenters. The van der Waals surface area contributed by atoms with Crippen LogP contribution in [-0.2, 0) is 7.05 Å². The molecule has 0 spiro atoms. The highest BCUT2D eigenvalue weighted by atomic mass is 16.5. The number of ether oxygens (including phenoxy) is 1. The first-order valence-corrected chi connectivity index (χ1v) is 6.53. The number of nitrogens with one attached hydrogen (secondary N) is 1. The Labute approximate surface area is 108 Å². The van der Waals surface area contributed by atoms with E-state index in [-0.39, 0.29) is 6.04 Å². The van der Waals surface area contributed by atoms with Gasteiger partial charge in [0.2, 0.25) is 5.88 Å². The molecule has 0 amide bonds. The zero-order chi connectivity index (χ0) is 13.3. The number of nitrogens with zero attached hydrogens (tertiary/aromatic N) is 2. The Morgan fingerprint density at radius 2 is 2.28 bits per heavy atom. The molecule has 0 saturated carbocycles. The van der Waals surface area contributed by atoms with Gasteiger partial charge in [-0.15, -0.1) is 0 Å². The van der Waals surface area contributed by atoms with Crippen molar-refractivity contribution in [2.75, 3.05) is 13.7 Å². The maximum atomic E-state index is 10.6. The van der Waals surface area contributed by atoms with Crippen LogP contribution in [0.25, 0.3) is 0 Å². The number of methoxy groups -OCH3 is 1. The van der Waals surface area contributed by atoms with E-state index in [9.17, 15) is 5.11 Å². The van der Waals surface area contributed by atoms with Crippen molar-refractivity contribution in [2.24, 2.45) is 13.0 Å². The zero-order valence-electron chi connectivity index (χ0n) is 11.6. The number of aromatic nitrogens is 2. The van der Waals surface area contributed by atoms with Gasteiger partial charge in [0.15, 0.2) is 0 Å². The van der Waals surface area contributed by atoms with Crippen LogP contribution in [0.1, 0.15) is 37.1 Å². The van der Waals surface area contributed by atoms with Crippen molar-refractivity contribution in [1.29, 1.82) is 0 Å². The molecule has 102 valence electrons. The molecule has 1 aliphatic heterocycles. The summed E-state index contributed by atoms with van der Waals surface area (Å²) in [5.41, 5.74) is 1.65. The van der Waals surface area contributed by atoms with Gasteiger partial charge in [-0.2, -0.15) is 5.10 Å². The molecule has 0 radical (unpaired) electrons. The van der Waals surface area contributed by atoms with Gasteiger partial charge in [0.25, 0.3) is 0 Å². The molecular weight excluding hydrogens is 230 g/mol. The average Bonchev–Trinajstić information content (AvgIpc) is 2.62. The maximum Gasteiger partial charge on any atom is 0.217 e. The lowest BCUT2D eigenvalue weighted by Gasteiger charge is -2.31. The molecule has 1 aliphatic rings. The van der Waals surface area contributed by atoms with Crippen molar-refractivity contribution in [2.45, 2.75) is 38.8 Å². The Kier molecular flexibility index (Phi) is 3.92. The van der Waals surface area contributed by atoms with E-state index < -0.39 is 6.10 Å². The summed E-state index contributed by atoms with van der Waals surface area (Å²) in [5, 5.41) is 18.3. The summed E-state index contributed by atoms with van der Waals surface area (Å²) in [5.74, 6) is 1.30. The molecule has 1 saturated heterocycles. The normalized spacial score (nSPS) is 26.1. The highest BCUT2D eigenvalue weighted by Crippen LogP contribution is 2.33. The summed E-state index contributed by atoms with van der Waals surface area (Å²) >= 11 is 0. The highest BCUT2D eigenvalue weighted by molar-refractivity contribution is 5.34. The average molecular weight is 253 g/mol. The monoisotopic (exact) mass is 253 g/mol. The van der Waals surface area contributed by atoms with Crippen LogP contribution in [0.5, 0.6) is 5.88 Å². The minimum absolute atomic E-state index is 0.0885. The van der Waals surface area contributed by atoms with E-state index in [0.717, 1.165) is 24.2 Å². The molecule has 0 aromatic carbocycles. The molecule has 0 bridgehead atoms. The van der Waals surface area contributed by atoms with Crippen molar-refractivity contribution in [3.8, 4) is 5.88 Å². The van der Waals surface area contributed by atoms with E-state index in [1.165, 1.54) is 6.42 Å². The van der Waals surface area contributed by atoms with Gasteiger partial charge in [-0.25, -0.2) is 4.68 Å². The molecule has 5 nitrogen and oxygen atoms in total. The van der Waals surface area contributed by atoms with Crippen LogP contribution in [0.3, 0.4) is 0 Å². The summed E-state index contributed by atoms with van der Waals surface area (Å²) < 4.78 is 7.03. The number of hydrogen-bond acceptors (Lipinski definition) is 4.